The van der Waals surface area contributed by atoms with Gasteiger partial charge < -0.3 is 9.84 Å². The zero-order valence-electron chi connectivity index (χ0n) is 14.5. The molecule has 5 rings (SSSR count). The Hall–Kier alpha value is -1.62. The molecule has 134 valence electrons. The van der Waals surface area contributed by atoms with E-state index in [1.165, 1.54) is 6.42 Å². The molecule has 3 aliphatic rings. The predicted octanol–water partition coefficient (Wildman–Crippen LogP) is 3.60. The standard InChI is InChI=1S/C20H24N2O2.ClH/c1-3-13-12-22-9-7-14(13)10-19(22)20(23)16-6-8-21-18-5-4-15(24-2)11-17(16)18;/h3-6,8,11,13-14,19-20,23H,1,7,9-10,12H2,2H3;1H/t13-,14?,19+,20?;/m1./s1. The van der Waals surface area contributed by atoms with Gasteiger partial charge in [0, 0.05) is 24.2 Å². The molecule has 0 saturated carbocycles. The zero-order valence-corrected chi connectivity index (χ0v) is 15.3. The molecule has 3 unspecified atom stereocenters. The van der Waals surface area contributed by atoms with Crippen LogP contribution in [-0.2, 0) is 0 Å². The number of halogens is 1. The number of aliphatic hydroxyl groups is 1. The quantitative estimate of drug-likeness (QED) is 0.846. The molecule has 25 heavy (non-hydrogen) atoms. The summed E-state index contributed by atoms with van der Waals surface area (Å²) in [5.74, 6) is 2.01. The molecule has 0 aliphatic carbocycles. The first-order valence-corrected chi connectivity index (χ1v) is 8.68. The van der Waals surface area contributed by atoms with E-state index in [9.17, 15) is 5.11 Å². The highest BCUT2D eigenvalue weighted by Gasteiger charge is 2.42. The van der Waals surface area contributed by atoms with Gasteiger partial charge in [-0.05, 0) is 61.1 Å². The average Bonchev–Trinajstić information content (AvgIpc) is 2.66. The summed E-state index contributed by atoms with van der Waals surface area (Å²) in [6, 6.07) is 7.96. The molecule has 1 aromatic heterocycles. The van der Waals surface area contributed by atoms with Crippen molar-refractivity contribution < 1.29 is 9.84 Å². The van der Waals surface area contributed by atoms with Gasteiger partial charge in [-0.1, -0.05) is 6.08 Å². The van der Waals surface area contributed by atoms with Crippen molar-refractivity contribution in [1.29, 1.82) is 0 Å². The lowest BCUT2D eigenvalue weighted by molar-refractivity contribution is -0.0444. The molecule has 2 bridgehead atoms. The monoisotopic (exact) mass is 360 g/mol. The molecular weight excluding hydrogens is 336 g/mol. The third kappa shape index (κ3) is 3.14. The van der Waals surface area contributed by atoms with Crippen molar-refractivity contribution in [2.75, 3.05) is 20.2 Å². The molecule has 1 aromatic carbocycles. The number of pyridine rings is 1. The van der Waals surface area contributed by atoms with E-state index >= 15 is 0 Å². The molecule has 0 spiro atoms. The second kappa shape index (κ2) is 7.32. The van der Waals surface area contributed by atoms with Crippen LogP contribution < -0.4 is 4.74 Å². The van der Waals surface area contributed by atoms with Crippen LogP contribution in [0.25, 0.3) is 10.9 Å². The SMILES string of the molecule is C=C[C@@H]1CN2CCC1C[C@H]2C(O)c1ccnc2ccc(OC)cc12.Cl. The van der Waals surface area contributed by atoms with Crippen molar-refractivity contribution in [2.45, 2.75) is 25.0 Å². The van der Waals surface area contributed by atoms with Crippen LogP contribution in [-0.4, -0.2) is 41.2 Å². The minimum atomic E-state index is -0.504. The second-order valence-electron chi connectivity index (χ2n) is 6.97. The molecule has 0 amide bonds. The van der Waals surface area contributed by atoms with Crippen LogP contribution in [0.2, 0.25) is 0 Å². The molecule has 3 saturated heterocycles. The summed E-state index contributed by atoms with van der Waals surface area (Å²) in [4.78, 5) is 6.86. The predicted molar refractivity (Wildman–Crippen MR) is 102 cm³/mol. The van der Waals surface area contributed by atoms with Gasteiger partial charge in [-0.2, -0.15) is 0 Å². The maximum atomic E-state index is 11.2. The Bertz CT molecular complexity index is 766. The Morgan fingerprint density at radius 2 is 2.24 bits per heavy atom. The maximum absolute atomic E-state index is 11.2. The number of fused-ring (bicyclic) bond motifs is 4. The van der Waals surface area contributed by atoms with E-state index in [4.69, 9.17) is 4.74 Å². The zero-order chi connectivity index (χ0) is 16.7. The van der Waals surface area contributed by atoms with Crippen molar-refractivity contribution in [1.82, 2.24) is 9.88 Å². The van der Waals surface area contributed by atoms with Crippen molar-refractivity contribution in [3.8, 4) is 5.75 Å². The van der Waals surface area contributed by atoms with Gasteiger partial charge in [0.2, 0.25) is 0 Å². The largest absolute Gasteiger partial charge is 0.497 e. The van der Waals surface area contributed by atoms with Crippen LogP contribution in [0.1, 0.15) is 24.5 Å². The highest BCUT2D eigenvalue weighted by molar-refractivity contribution is 5.85. The van der Waals surface area contributed by atoms with Crippen LogP contribution >= 0.6 is 12.4 Å². The maximum Gasteiger partial charge on any atom is 0.119 e. The van der Waals surface area contributed by atoms with Crippen molar-refractivity contribution in [3.63, 3.8) is 0 Å². The normalized spacial score (nSPS) is 29.0. The molecule has 5 atom stereocenters. The lowest BCUT2D eigenvalue weighted by atomic mass is 9.73. The molecule has 4 nitrogen and oxygen atoms in total. The summed E-state index contributed by atoms with van der Waals surface area (Å²) >= 11 is 0. The van der Waals surface area contributed by atoms with Crippen LogP contribution in [0.3, 0.4) is 0 Å². The van der Waals surface area contributed by atoms with Gasteiger partial charge in [-0.15, -0.1) is 19.0 Å². The number of benzene rings is 1. The lowest BCUT2D eigenvalue weighted by Gasteiger charge is -2.50. The van der Waals surface area contributed by atoms with Gasteiger partial charge in [0.15, 0.2) is 0 Å². The summed E-state index contributed by atoms with van der Waals surface area (Å²) in [6.07, 6.45) is 5.62. The molecule has 2 aromatic rings. The minimum Gasteiger partial charge on any atom is -0.497 e. The van der Waals surface area contributed by atoms with E-state index in [-0.39, 0.29) is 18.4 Å². The molecule has 1 N–H and O–H groups in total. The van der Waals surface area contributed by atoms with E-state index in [1.807, 2.05) is 24.3 Å². The number of hydrogen-bond donors (Lipinski definition) is 1. The number of piperidine rings is 3. The first kappa shape index (κ1) is 18.2. The highest BCUT2D eigenvalue weighted by Crippen LogP contribution is 2.42. The average molecular weight is 361 g/mol. The summed E-state index contributed by atoms with van der Waals surface area (Å²) in [5, 5.41) is 12.1. The Morgan fingerprint density at radius 1 is 1.40 bits per heavy atom. The van der Waals surface area contributed by atoms with Gasteiger partial charge in [0.25, 0.3) is 0 Å². The summed E-state index contributed by atoms with van der Waals surface area (Å²) in [5.41, 5.74) is 1.85. The number of methoxy groups -OCH3 is 1. The molecule has 0 radical (unpaired) electrons. The fourth-order valence-electron chi connectivity index (χ4n) is 4.44. The van der Waals surface area contributed by atoms with E-state index < -0.39 is 6.10 Å². The lowest BCUT2D eigenvalue weighted by Crippen LogP contribution is -2.54. The van der Waals surface area contributed by atoms with Gasteiger partial charge >= 0.3 is 0 Å². The molecule has 3 fully saturated rings. The van der Waals surface area contributed by atoms with Gasteiger partial charge in [-0.3, -0.25) is 9.88 Å². The smallest absolute Gasteiger partial charge is 0.119 e. The number of ether oxygens (including phenoxy) is 1. The van der Waals surface area contributed by atoms with Crippen LogP contribution in [0.5, 0.6) is 5.75 Å². The van der Waals surface area contributed by atoms with E-state index in [0.717, 1.165) is 41.7 Å². The topological polar surface area (TPSA) is 45.6 Å². The van der Waals surface area contributed by atoms with E-state index in [0.29, 0.717) is 11.8 Å². The van der Waals surface area contributed by atoms with Crippen molar-refractivity contribution in [3.05, 3.63) is 48.7 Å². The fraction of sp³-hybridized carbons (Fsp3) is 0.450. The van der Waals surface area contributed by atoms with Gasteiger partial charge in [0.1, 0.15) is 5.75 Å². The Labute approximate surface area is 154 Å². The first-order valence-electron chi connectivity index (χ1n) is 8.68. The molecule has 5 heteroatoms. The molecule has 4 heterocycles. The van der Waals surface area contributed by atoms with Crippen LogP contribution in [0, 0.1) is 11.8 Å². The number of rotatable bonds is 4. The third-order valence-electron chi connectivity index (χ3n) is 5.82. The van der Waals surface area contributed by atoms with Gasteiger partial charge in [-0.25, -0.2) is 0 Å². The Kier molecular flexibility index (Phi) is 5.32. The number of hydrogen-bond acceptors (Lipinski definition) is 4. The summed E-state index contributed by atoms with van der Waals surface area (Å²) in [6.45, 7) is 6.07. The number of nitrogens with zero attached hydrogens (tertiary/aromatic N) is 2. The van der Waals surface area contributed by atoms with Crippen LogP contribution in [0.4, 0.5) is 0 Å². The second-order valence-corrected chi connectivity index (χ2v) is 6.97. The summed E-state index contributed by atoms with van der Waals surface area (Å²) in [7, 11) is 1.66. The summed E-state index contributed by atoms with van der Waals surface area (Å²) < 4.78 is 5.35. The number of aromatic nitrogens is 1. The fourth-order valence-corrected chi connectivity index (χ4v) is 4.44. The van der Waals surface area contributed by atoms with Crippen molar-refractivity contribution >= 4 is 23.3 Å². The van der Waals surface area contributed by atoms with E-state index in [2.05, 4.69) is 22.5 Å². The minimum absolute atomic E-state index is 0. The Morgan fingerprint density at radius 3 is 2.92 bits per heavy atom. The number of aliphatic hydroxyl groups excluding tert-OH is 1. The third-order valence-corrected chi connectivity index (χ3v) is 5.82. The molecular formula is C20H25ClN2O2. The molecule has 3 aliphatic heterocycles. The van der Waals surface area contributed by atoms with Gasteiger partial charge in [0.05, 0.1) is 18.7 Å². The highest BCUT2D eigenvalue weighted by atomic mass is 35.5. The first-order chi connectivity index (χ1) is 11.7. The Balaban J connectivity index is 0.00000182. The van der Waals surface area contributed by atoms with E-state index in [1.54, 1.807) is 13.3 Å². The van der Waals surface area contributed by atoms with Crippen LogP contribution in [0.15, 0.2) is 43.1 Å². The van der Waals surface area contributed by atoms with Crippen molar-refractivity contribution in [2.24, 2.45) is 11.8 Å².